The van der Waals surface area contributed by atoms with Gasteiger partial charge in [-0.15, -0.1) is 0 Å². The number of benzene rings is 8. The van der Waals surface area contributed by atoms with Crippen molar-refractivity contribution in [2.45, 2.75) is 10.8 Å². The molecule has 14 rings (SSSR count). The summed E-state index contributed by atoms with van der Waals surface area (Å²) >= 11 is 7.55. The molecule has 0 radical (unpaired) electrons. The van der Waals surface area contributed by atoms with Crippen molar-refractivity contribution in [3.8, 4) is 0 Å². The van der Waals surface area contributed by atoms with Crippen molar-refractivity contribution in [2.24, 2.45) is 0 Å². The molecule has 62 heavy (non-hydrogen) atoms. The van der Waals surface area contributed by atoms with E-state index < -0.39 is 11.0 Å². The van der Waals surface area contributed by atoms with E-state index in [4.69, 9.17) is 0 Å². The van der Waals surface area contributed by atoms with E-state index in [0.717, 1.165) is 0 Å². The fraction of sp³-hybridized carbons (Fsp3) is 0.0345. The summed E-state index contributed by atoms with van der Waals surface area (Å²) in [5.41, 5.74) is 6.34. The van der Waals surface area contributed by atoms with Gasteiger partial charge in [-0.1, -0.05) is 0 Å². The Kier molecular flexibility index (Phi) is 10.0. The molecule has 0 aliphatic carbocycles. The van der Waals surface area contributed by atoms with Crippen molar-refractivity contribution in [2.75, 3.05) is 0 Å². The summed E-state index contributed by atoms with van der Waals surface area (Å²) < 4.78 is 0. The van der Waals surface area contributed by atoms with E-state index in [1.165, 1.54) is 76.4 Å². The van der Waals surface area contributed by atoms with E-state index in [-0.39, 0.29) is 10.8 Å². The van der Waals surface area contributed by atoms with E-state index in [9.17, 15) is 0 Å². The summed E-state index contributed by atoms with van der Waals surface area (Å²) in [6.07, 6.45) is 10.2. The summed E-state index contributed by atoms with van der Waals surface area (Å²) in [6, 6.07) is 83.7. The van der Waals surface area contributed by atoms with E-state index in [1.807, 2.05) is 0 Å². The predicted octanol–water partition coefficient (Wildman–Crippen LogP) is 13.6. The van der Waals surface area contributed by atoms with Crippen LogP contribution in [0.2, 0.25) is 0 Å². The van der Waals surface area contributed by atoms with Crippen LogP contribution in [0.4, 0.5) is 0 Å². The van der Waals surface area contributed by atoms with Crippen molar-refractivity contribution in [1.29, 1.82) is 0 Å². The molecule has 296 valence electrons. The van der Waals surface area contributed by atoms with Gasteiger partial charge in [-0.2, -0.15) is 0 Å². The van der Waals surface area contributed by atoms with Crippen LogP contribution in [0.15, 0.2) is 255 Å². The van der Waals surface area contributed by atoms with Crippen LogP contribution >= 0.6 is 11.0 Å². The summed E-state index contributed by atoms with van der Waals surface area (Å²) in [6.45, 7) is 0. The first-order chi connectivity index (χ1) is 30.5. The van der Waals surface area contributed by atoms with Crippen LogP contribution in [0, 0.1) is 0 Å². The molecule has 0 unspecified atom stereocenters. The number of hydrogen-bond acceptors (Lipinski definition) is 0. The zero-order valence-electron chi connectivity index (χ0n) is 34.0. The van der Waals surface area contributed by atoms with Crippen molar-refractivity contribution in [3.05, 3.63) is 299 Å². The molecule has 0 amide bonds. The van der Waals surface area contributed by atoms with Crippen molar-refractivity contribution < 1.29 is 0 Å². The Morgan fingerprint density at radius 3 is 0.758 bits per heavy atom. The summed E-state index contributed by atoms with van der Waals surface area (Å²) in [7, 11) is 0. The quantitative estimate of drug-likeness (QED) is 0.115. The van der Waals surface area contributed by atoms with Crippen molar-refractivity contribution in [3.63, 3.8) is 0 Å². The topological polar surface area (TPSA) is 0 Å². The summed E-state index contributed by atoms with van der Waals surface area (Å²) in [5, 5.41) is 8.69. The van der Waals surface area contributed by atoms with Gasteiger partial charge >= 0.3 is 383 Å². The fourth-order valence-corrected chi connectivity index (χ4v) is 23.1. The summed E-state index contributed by atoms with van der Waals surface area (Å²) in [5.74, 6) is 0. The number of rotatable bonds is 6. The Hall–Kier alpha value is -5.38. The average Bonchev–Trinajstić information content (AvgIpc) is 3.36. The molecule has 0 nitrogen and oxygen atoms in total. The van der Waals surface area contributed by atoms with Crippen LogP contribution in [0.25, 0.3) is 21.3 Å². The predicted molar refractivity (Wildman–Crippen MR) is 270 cm³/mol. The van der Waals surface area contributed by atoms with Crippen LogP contribution < -0.4 is 10.6 Å². The minimum absolute atomic E-state index is 0.278. The van der Waals surface area contributed by atoms with Gasteiger partial charge in [0.1, 0.15) is 0 Å². The first-order valence-corrected chi connectivity index (χ1v) is 29.1. The zero-order chi connectivity index (χ0) is 41.8. The normalized spacial score (nSPS) is 23.6. The summed E-state index contributed by atoms with van der Waals surface area (Å²) in [4.78, 5) is 0. The average molecular weight is 959 g/mol. The van der Waals surface area contributed by atoms with Crippen LogP contribution in [-0.2, 0) is 10.8 Å². The van der Waals surface area contributed by atoms with Gasteiger partial charge in [-0.05, 0) is 0 Å². The standard InChI is InChI=1S/2C29H21PSe/c2*31-30-26-19-11-10-18-25(26)29(24-16-8-3-9-17-24,20-27(30)22-12-4-1-5-13-22)21-28(30)23-14-6-2-7-15-23/h2*1-21H. The number of allylic oxidation sites excluding steroid dienone is 4. The molecule has 8 aromatic carbocycles. The molecule has 0 spiro atoms. The van der Waals surface area contributed by atoms with Gasteiger partial charge in [0.25, 0.3) is 0 Å². The molecule has 0 atom stereocenters. The molecule has 0 saturated heterocycles. The maximum atomic E-state index is 3.78. The van der Waals surface area contributed by atoms with Crippen LogP contribution in [0.1, 0.15) is 44.5 Å². The first-order valence-electron chi connectivity index (χ1n) is 21.1. The van der Waals surface area contributed by atoms with Crippen molar-refractivity contribution >= 4 is 73.1 Å². The Labute approximate surface area is 380 Å². The third-order valence-electron chi connectivity index (χ3n) is 13.0. The van der Waals surface area contributed by atoms with Gasteiger partial charge in [0.05, 0.1) is 0 Å². The maximum absolute atomic E-state index is 3.78. The Bertz CT molecular complexity index is 2860. The number of hydrogen-bond donors (Lipinski definition) is 0. The van der Waals surface area contributed by atoms with E-state index in [1.54, 1.807) is 0 Å². The Balaban J connectivity index is 0.000000139. The second-order valence-corrected chi connectivity index (χ2v) is 28.5. The first kappa shape index (κ1) is 39.5. The van der Waals surface area contributed by atoms with E-state index in [0.29, 0.717) is 0 Å². The van der Waals surface area contributed by atoms with Gasteiger partial charge in [-0.3, -0.25) is 0 Å². The molecular weight excluding hydrogens is 917 g/mol. The third-order valence-corrected chi connectivity index (χ3v) is 26.8. The van der Waals surface area contributed by atoms with E-state index >= 15 is 0 Å². The van der Waals surface area contributed by atoms with E-state index in [2.05, 4.69) is 285 Å². The van der Waals surface area contributed by atoms with Gasteiger partial charge < -0.3 is 0 Å². The van der Waals surface area contributed by atoms with Gasteiger partial charge in [0.2, 0.25) is 0 Å². The Morgan fingerprint density at radius 1 is 0.258 bits per heavy atom. The zero-order valence-corrected chi connectivity index (χ0v) is 39.2. The molecular formula is C58H42P2Se2. The fourth-order valence-electron chi connectivity index (χ4n) is 10.2. The molecule has 6 aliphatic rings. The van der Waals surface area contributed by atoms with Gasteiger partial charge in [0, 0.05) is 0 Å². The third kappa shape index (κ3) is 6.09. The molecule has 0 fully saturated rings. The molecule has 6 heterocycles. The molecule has 4 bridgehead atoms. The van der Waals surface area contributed by atoms with Crippen LogP contribution in [-0.4, -0.2) is 30.2 Å². The van der Waals surface area contributed by atoms with Crippen LogP contribution in [0.3, 0.4) is 0 Å². The molecule has 0 N–H and O–H groups in total. The molecule has 0 aromatic heterocycles. The molecule has 6 aliphatic heterocycles. The van der Waals surface area contributed by atoms with Crippen LogP contribution in [0.5, 0.6) is 0 Å². The SMILES string of the molecule is [Se]=P12C(c3ccccc3)=CC(c3ccccc3)(C=C1c1ccccc1)c1ccccc12.[Se]=P12C(c3ccccc3)=CC(c3ccccc3)(C=C1c1ccccc1)c1ccccc12. The second kappa shape index (κ2) is 15.8. The minimum atomic E-state index is -1.90. The van der Waals surface area contributed by atoms with Gasteiger partial charge in [0.15, 0.2) is 0 Å². The Morgan fingerprint density at radius 2 is 0.484 bits per heavy atom. The molecule has 8 aromatic rings. The second-order valence-electron chi connectivity index (χ2n) is 16.3. The monoisotopic (exact) mass is 960 g/mol. The molecule has 4 heteroatoms. The molecule has 0 saturated carbocycles. The van der Waals surface area contributed by atoms with Gasteiger partial charge in [-0.25, -0.2) is 0 Å². The van der Waals surface area contributed by atoms with Crippen molar-refractivity contribution in [1.82, 2.24) is 0 Å².